The summed E-state index contributed by atoms with van der Waals surface area (Å²) in [6.07, 6.45) is -2.92. The molecule has 0 saturated heterocycles. The van der Waals surface area contributed by atoms with Crippen LogP contribution in [0.1, 0.15) is 12.0 Å². The van der Waals surface area contributed by atoms with Gasteiger partial charge in [0.15, 0.2) is 0 Å². The first-order chi connectivity index (χ1) is 6.86. The van der Waals surface area contributed by atoms with Crippen molar-refractivity contribution in [1.82, 2.24) is 0 Å². The van der Waals surface area contributed by atoms with Gasteiger partial charge in [-0.15, -0.1) is 0 Å². The number of rotatable bonds is 3. The average Bonchev–Trinajstić information content (AvgIpc) is 2.15. The molecule has 1 nitrogen and oxygen atoms in total. The van der Waals surface area contributed by atoms with Crippen LogP contribution in [0.15, 0.2) is 18.2 Å². The molecule has 0 saturated carbocycles. The van der Waals surface area contributed by atoms with Crippen molar-refractivity contribution in [3.63, 3.8) is 0 Å². The minimum Gasteiger partial charge on any atom is -0.500 e. The summed E-state index contributed by atoms with van der Waals surface area (Å²) in [5.41, 5.74) is -1.79. The molecule has 0 amide bonds. The van der Waals surface area contributed by atoms with E-state index < -0.39 is 30.2 Å². The zero-order valence-electron chi connectivity index (χ0n) is 8.68. The molecule has 0 spiro atoms. The van der Waals surface area contributed by atoms with Gasteiger partial charge in [-0.1, -0.05) is 11.5 Å². The standard InChI is InChI=1S/C8H7BF5O.K/c1-15-7-3-2-5(8(10)11)4-6(7)9(12,13)14;/h2-4,8H,1H3;/q-1;+1. The van der Waals surface area contributed by atoms with Crippen LogP contribution in [0.4, 0.5) is 21.7 Å². The number of ether oxygens (including phenoxy) is 1. The summed E-state index contributed by atoms with van der Waals surface area (Å²) < 4.78 is 66.0. The van der Waals surface area contributed by atoms with E-state index in [1.807, 2.05) is 0 Å². The summed E-state index contributed by atoms with van der Waals surface area (Å²) in [5, 5.41) is 0. The van der Waals surface area contributed by atoms with Gasteiger partial charge in [0.2, 0.25) is 0 Å². The Balaban J connectivity index is 0.00000225. The van der Waals surface area contributed by atoms with Crippen molar-refractivity contribution >= 4 is 12.4 Å². The van der Waals surface area contributed by atoms with E-state index >= 15 is 0 Å². The van der Waals surface area contributed by atoms with Crippen molar-refractivity contribution in [2.45, 2.75) is 6.43 Å². The predicted octanol–water partition coefficient (Wildman–Crippen LogP) is -0.309. The molecule has 0 aliphatic heterocycles. The smallest absolute Gasteiger partial charge is 0.500 e. The van der Waals surface area contributed by atoms with Crippen LogP contribution in [0.5, 0.6) is 5.75 Å². The average molecular weight is 264 g/mol. The minimum atomic E-state index is -5.34. The van der Waals surface area contributed by atoms with Gasteiger partial charge in [0.05, 0.1) is 12.9 Å². The molecule has 0 fully saturated rings. The van der Waals surface area contributed by atoms with Gasteiger partial charge in [0.25, 0.3) is 6.43 Å². The Morgan fingerprint density at radius 3 is 2.12 bits per heavy atom. The van der Waals surface area contributed by atoms with Crippen LogP contribution in [0.25, 0.3) is 0 Å². The molecule has 1 aromatic carbocycles. The number of alkyl halides is 2. The van der Waals surface area contributed by atoms with E-state index in [-0.39, 0.29) is 51.4 Å². The van der Waals surface area contributed by atoms with Gasteiger partial charge in [-0.2, -0.15) is 0 Å². The summed E-state index contributed by atoms with van der Waals surface area (Å²) >= 11 is 0. The van der Waals surface area contributed by atoms with E-state index in [4.69, 9.17) is 0 Å². The molecule has 0 N–H and O–H groups in total. The van der Waals surface area contributed by atoms with Crippen molar-refractivity contribution in [2.75, 3.05) is 7.11 Å². The van der Waals surface area contributed by atoms with Gasteiger partial charge in [-0.05, 0) is 12.1 Å². The van der Waals surface area contributed by atoms with Crippen LogP contribution in [-0.2, 0) is 0 Å². The summed E-state index contributed by atoms with van der Waals surface area (Å²) in [6, 6.07) is 2.23. The van der Waals surface area contributed by atoms with Gasteiger partial charge in [0, 0.05) is 5.56 Å². The quantitative estimate of drug-likeness (QED) is 0.537. The number of benzene rings is 1. The molecule has 8 heteroatoms. The Bertz CT molecular complexity index is 355. The fourth-order valence-corrected chi connectivity index (χ4v) is 1.14. The Morgan fingerprint density at radius 1 is 1.19 bits per heavy atom. The molecule has 0 bridgehead atoms. The van der Waals surface area contributed by atoms with Crippen molar-refractivity contribution in [3.05, 3.63) is 23.8 Å². The Labute approximate surface area is 132 Å². The topological polar surface area (TPSA) is 9.23 Å². The number of hydrogen-bond donors (Lipinski definition) is 0. The molecule has 0 aromatic heterocycles. The molecule has 1 aromatic rings. The third kappa shape index (κ3) is 3.99. The molecule has 0 aliphatic rings. The normalized spacial score (nSPS) is 11.2. The maximum Gasteiger partial charge on any atom is 1.00 e. The van der Waals surface area contributed by atoms with Gasteiger partial charge < -0.3 is 17.7 Å². The molecule has 0 radical (unpaired) electrons. The van der Waals surface area contributed by atoms with Crippen LogP contribution in [0.3, 0.4) is 0 Å². The van der Waals surface area contributed by atoms with Crippen LogP contribution < -0.4 is 61.6 Å². The molecule has 84 valence electrons. The third-order valence-corrected chi connectivity index (χ3v) is 1.86. The number of methoxy groups -OCH3 is 1. The third-order valence-electron chi connectivity index (χ3n) is 1.86. The maximum atomic E-state index is 12.4. The molecular formula is C8H7BF5KO. The summed E-state index contributed by atoms with van der Waals surface area (Å²) in [6.45, 7) is -5.34. The maximum absolute atomic E-state index is 12.4. The summed E-state index contributed by atoms with van der Waals surface area (Å²) in [5.74, 6) is -0.438. The van der Waals surface area contributed by atoms with E-state index in [0.29, 0.717) is 6.07 Å². The summed E-state index contributed by atoms with van der Waals surface area (Å²) in [4.78, 5) is 0. The van der Waals surface area contributed by atoms with Crippen molar-refractivity contribution in [2.24, 2.45) is 0 Å². The second kappa shape index (κ2) is 6.34. The second-order valence-electron chi connectivity index (χ2n) is 2.88. The van der Waals surface area contributed by atoms with Crippen LogP contribution in [0, 0.1) is 0 Å². The van der Waals surface area contributed by atoms with Crippen LogP contribution in [-0.4, -0.2) is 14.1 Å². The van der Waals surface area contributed by atoms with Crippen molar-refractivity contribution in [1.29, 1.82) is 0 Å². The molecule has 16 heavy (non-hydrogen) atoms. The first kappa shape index (κ1) is 16.4. The largest absolute Gasteiger partial charge is 1.00 e. The van der Waals surface area contributed by atoms with E-state index in [1.54, 1.807) is 0 Å². The van der Waals surface area contributed by atoms with Gasteiger partial charge in [-0.25, -0.2) is 8.78 Å². The Kier molecular flexibility index (Phi) is 6.49. The monoisotopic (exact) mass is 264 g/mol. The molecule has 0 unspecified atom stereocenters. The second-order valence-corrected chi connectivity index (χ2v) is 2.88. The van der Waals surface area contributed by atoms with Crippen LogP contribution >= 0.6 is 0 Å². The molecule has 0 aliphatic carbocycles. The fraction of sp³-hybridized carbons (Fsp3) is 0.250. The first-order valence-electron chi connectivity index (χ1n) is 4.02. The van der Waals surface area contributed by atoms with Crippen molar-refractivity contribution < 1.29 is 77.8 Å². The number of hydrogen-bond acceptors (Lipinski definition) is 1. The first-order valence-corrected chi connectivity index (χ1v) is 4.02. The van der Waals surface area contributed by atoms with E-state index in [2.05, 4.69) is 4.74 Å². The predicted molar refractivity (Wildman–Crippen MR) is 46.7 cm³/mol. The Hall–Kier alpha value is 0.371. The zero-order chi connectivity index (χ0) is 11.6. The van der Waals surface area contributed by atoms with Gasteiger partial charge in [0.1, 0.15) is 0 Å². The van der Waals surface area contributed by atoms with E-state index in [1.165, 1.54) is 0 Å². The van der Waals surface area contributed by atoms with Crippen molar-refractivity contribution in [3.8, 4) is 5.75 Å². The van der Waals surface area contributed by atoms with Gasteiger partial charge >= 0.3 is 58.4 Å². The van der Waals surface area contributed by atoms with E-state index in [9.17, 15) is 21.7 Å². The van der Waals surface area contributed by atoms with Crippen LogP contribution in [0.2, 0.25) is 0 Å². The number of halogens is 5. The van der Waals surface area contributed by atoms with E-state index in [0.717, 1.165) is 19.2 Å². The Morgan fingerprint density at radius 2 is 1.75 bits per heavy atom. The SMILES string of the molecule is COc1ccc(C(F)F)cc1[B-](F)(F)F.[K+]. The zero-order valence-corrected chi connectivity index (χ0v) is 11.8. The minimum absolute atomic E-state index is 0. The fourth-order valence-electron chi connectivity index (χ4n) is 1.14. The summed E-state index contributed by atoms with van der Waals surface area (Å²) in [7, 11) is 1.06. The molecular weight excluding hydrogens is 257 g/mol. The molecule has 0 heterocycles. The molecule has 1 rings (SSSR count). The van der Waals surface area contributed by atoms with Gasteiger partial charge in [-0.3, -0.25) is 0 Å². The molecule has 0 atom stereocenters.